The van der Waals surface area contributed by atoms with Gasteiger partial charge in [0, 0.05) is 0 Å². The maximum atomic E-state index is 11.1. The minimum atomic E-state index is -0.128. The molecule has 0 unspecified atom stereocenters. The van der Waals surface area contributed by atoms with Gasteiger partial charge in [0.2, 0.25) is 0 Å². The molecule has 4 nitrogen and oxygen atoms in total. The quantitative estimate of drug-likeness (QED) is 0.602. The van der Waals surface area contributed by atoms with Gasteiger partial charge in [-0.1, -0.05) is 0 Å². The first-order chi connectivity index (χ1) is 5.27. The second kappa shape index (κ2) is 2.06. The minimum absolute atomic E-state index is 0.128. The van der Waals surface area contributed by atoms with Crippen molar-refractivity contribution in [1.82, 2.24) is 9.97 Å². The molecule has 56 valence electrons. The number of aromatic nitrogens is 2. The van der Waals surface area contributed by atoms with Crippen LogP contribution in [0.1, 0.15) is 0 Å². The number of nitrogens with one attached hydrogen (secondary N) is 1. The SMILES string of the molecule is Nc1cc2nc[nH]c(=O)c2s1. The van der Waals surface area contributed by atoms with Crippen molar-refractivity contribution >= 4 is 26.6 Å². The molecule has 11 heavy (non-hydrogen) atoms. The van der Waals surface area contributed by atoms with E-state index in [1.165, 1.54) is 17.7 Å². The number of nitrogen functional groups attached to an aromatic ring is 1. The van der Waals surface area contributed by atoms with Crippen LogP contribution in [0, 0.1) is 0 Å². The zero-order chi connectivity index (χ0) is 7.84. The molecule has 0 aliphatic carbocycles. The molecule has 0 aliphatic rings. The van der Waals surface area contributed by atoms with Gasteiger partial charge in [-0.15, -0.1) is 11.3 Å². The zero-order valence-electron chi connectivity index (χ0n) is 5.50. The van der Waals surface area contributed by atoms with Crippen LogP contribution in [-0.4, -0.2) is 9.97 Å². The van der Waals surface area contributed by atoms with Crippen LogP contribution in [0.2, 0.25) is 0 Å². The smallest absolute Gasteiger partial charge is 0.268 e. The van der Waals surface area contributed by atoms with Crippen molar-refractivity contribution < 1.29 is 0 Å². The van der Waals surface area contributed by atoms with Gasteiger partial charge in [0.05, 0.1) is 16.8 Å². The summed E-state index contributed by atoms with van der Waals surface area (Å²) < 4.78 is 0.588. The van der Waals surface area contributed by atoms with Crippen LogP contribution in [-0.2, 0) is 0 Å². The largest absolute Gasteiger partial charge is 0.391 e. The van der Waals surface area contributed by atoms with E-state index in [9.17, 15) is 4.79 Å². The van der Waals surface area contributed by atoms with Crippen molar-refractivity contribution in [2.24, 2.45) is 0 Å². The molecule has 2 aromatic heterocycles. The van der Waals surface area contributed by atoms with Crippen LogP contribution >= 0.6 is 11.3 Å². The Labute approximate surface area is 65.7 Å². The van der Waals surface area contributed by atoms with Crippen molar-refractivity contribution in [2.75, 3.05) is 5.73 Å². The molecule has 0 saturated carbocycles. The molecule has 0 amide bonds. The lowest BCUT2D eigenvalue weighted by Crippen LogP contribution is -2.02. The Morgan fingerprint density at radius 3 is 3.18 bits per heavy atom. The average Bonchev–Trinajstić information content (AvgIpc) is 2.31. The van der Waals surface area contributed by atoms with E-state index in [4.69, 9.17) is 5.73 Å². The maximum absolute atomic E-state index is 11.1. The fraction of sp³-hybridized carbons (Fsp3) is 0. The van der Waals surface area contributed by atoms with Crippen molar-refractivity contribution in [1.29, 1.82) is 0 Å². The normalized spacial score (nSPS) is 10.5. The second-order valence-electron chi connectivity index (χ2n) is 2.09. The number of rotatable bonds is 0. The lowest BCUT2D eigenvalue weighted by molar-refractivity contribution is 1.18. The molecule has 0 saturated heterocycles. The van der Waals surface area contributed by atoms with Crippen LogP contribution in [0.5, 0.6) is 0 Å². The highest BCUT2D eigenvalue weighted by atomic mass is 32.1. The van der Waals surface area contributed by atoms with Gasteiger partial charge in [0.15, 0.2) is 0 Å². The Morgan fingerprint density at radius 1 is 1.64 bits per heavy atom. The Kier molecular flexibility index (Phi) is 1.19. The van der Waals surface area contributed by atoms with Gasteiger partial charge in [-0.05, 0) is 6.07 Å². The molecule has 0 aliphatic heterocycles. The van der Waals surface area contributed by atoms with Crippen LogP contribution in [0.25, 0.3) is 10.2 Å². The summed E-state index contributed by atoms with van der Waals surface area (Å²) >= 11 is 1.25. The van der Waals surface area contributed by atoms with Gasteiger partial charge in [-0.2, -0.15) is 0 Å². The summed E-state index contributed by atoms with van der Waals surface area (Å²) in [4.78, 5) is 17.5. The van der Waals surface area contributed by atoms with Crippen molar-refractivity contribution in [2.45, 2.75) is 0 Å². The van der Waals surface area contributed by atoms with E-state index in [-0.39, 0.29) is 5.56 Å². The van der Waals surface area contributed by atoms with Gasteiger partial charge < -0.3 is 10.7 Å². The topological polar surface area (TPSA) is 71.8 Å². The molecule has 3 N–H and O–H groups in total. The molecule has 2 rings (SSSR count). The van der Waals surface area contributed by atoms with E-state index in [1.54, 1.807) is 6.07 Å². The maximum Gasteiger partial charge on any atom is 0.268 e. The first-order valence-electron chi connectivity index (χ1n) is 3.00. The lowest BCUT2D eigenvalue weighted by atomic mass is 10.5. The van der Waals surface area contributed by atoms with E-state index in [0.29, 0.717) is 15.2 Å². The van der Waals surface area contributed by atoms with Crippen LogP contribution in [0.4, 0.5) is 5.00 Å². The Hall–Kier alpha value is -1.36. The summed E-state index contributed by atoms with van der Waals surface area (Å²) in [6.07, 6.45) is 1.37. The van der Waals surface area contributed by atoms with E-state index >= 15 is 0 Å². The summed E-state index contributed by atoms with van der Waals surface area (Å²) in [6.45, 7) is 0. The molecular weight excluding hydrogens is 162 g/mol. The molecule has 0 spiro atoms. The fourth-order valence-corrected chi connectivity index (χ4v) is 1.66. The third kappa shape index (κ3) is 0.894. The highest BCUT2D eigenvalue weighted by molar-refractivity contribution is 7.22. The monoisotopic (exact) mass is 167 g/mol. The Bertz CT molecular complexity index is 444. The predicted octanol–water partition coefficient (Wildman–Crippen LogP) is 0.567. The Morgan fingerprint density at radius 2 is 2.45 bits per heavy atom. The molecule has 2 aromatic rings. The lowest BCUT2D eigenvalue weighted by Gasteiger charge is -1.82. The third-order valence-corrected chi connectivity index (χ3v) is 2.29. The van der Waals surface area contributed by atoms with Crippen LogP contribution in [0.15, 0.2) is 17.2 Å². The molecule has 0 atom stereocenters. The van der Waals surface area contributed by atoms with Crippen molar-refractivity contribution in [3.8, 4) is 0 Å². The standard InChI is InChI=1S/C6H5N3OS/c7-4-1-3-5(11-4)6(10)9-2-8-3/h1-2H,7H2,(H,8,9,10). The average molecular weight is 167 g/mol. The first kappa shape index (κ1) is 6.36. The number of hydrogen-bond acceptors (Lipinski definition) is 4. The molecular formula is C6H5N3OS. The van der Waals surface area contributed by atoms with E-state index in [2.05, 4.69) is 9.97 Å². The van der Waals surface area contributed by atoms with E-state index in [1.807, 2.05) is 0 Å². The van der Waals surface area contributed by atoms with Gasteiger partial charge in [-0.25, -0.2) is 4.98 Å². The molecule has 0 radical (unpaired) electrons. The number of nitrogens with two attached hydrogens (primary N) is 1. The number of anilines is 1. The number of thiophene rings is 1. The highest BCUT2D eigenvalue weighted by Crippen LogP contribution is 2.21. The number of nitrogens with zero attached hydrogens (tertiary/aromatic N) is 1. The number of fused-ring (bicyclic) bond motifs is 1. The number of H-pyrrole nitrogens is 1. The summed E-state index contributed by atoms with van der Waals surface area (Å²) in [5.74, 6) is 0. The predicted molar refractivity (Wildman–Crippen MR) is 44.7 cm³/mol. The van der Waals surface area contributed by atoms with Crippen molar-refractivity contribution in [3.05, 3.63) is 22.7 Å². The minimum Gasteiger partial charge on any atom is -0.391 e. The number of aromatic amines is 1. The van der Waals surface area contributed by atoms with Gasteiger partial charge in [0.25, 0.3) is 5.56 Å². The van der Waals surface area contributed by atoms with E-state index in [0.717, 1.165) is 0 Å². The number of hydrogen-bond donors (Lipinski definition) is 2. The van der Waals surface area contributed by atoms with Crippen molar-refractivity contribution in [3.63, 3.8) is 0 Å². The summed E-state index contributed by atoms with van der Waals surface area (Å²) in [5.41, 5.74) is 6.02. The van der Waals surface area contributed by atoms with Gasteiger partial charge in [-0.3, -0.25) is 4.79 Å². The summed E-state index contributed by atoms with van der Waals surface area (Å²) in [5, 5.41) is 0.615. The third-order valence-electron chi connectivity index (χ3n) is 1.34. The molecule has 2 heterocycles. The molecule has 0 fully saturated rings. The molecule has 0 bridgehead atoms. The highest BCUT2D eigenvalue weighted by Gasteiger charge is 2.01. The zero-order valence-corrected chi connectivity index (χ0v) is 6.31. The van der Waals surface area contributed by atoms with Gasteiger partial charge >= 0.3 is 0 Å². The summed E-state index contributed by atoms with van der Waals surface area (Å²) in [7, 11) is 0. The van der Waals surface area contributed by atoms with Crippen LogP contribution < -0.4 is 11.3 Å². The fourth-order valence-electron chi connectivity index (χ4n) is 0.884. The molecule has 0 aromatic carbocycles. The Balaban J connectivity index is 3.02. The summed E-state index contributed by atoms with van der Waals surface area (Å²) in [6, 6.07) is 1.69. The first-order valence-corrected chi connectivity index (χ1v) is 3.82. The molecule has 5 heteroatoms. The van der Waals surface area contributed by atoms with Gasteiger partial charge in [0.1, 0.15) is 4.70 Å². The second-order valence-corrected chi connectivity index (χ2v) is 3.18. The van der Waals surface area contributed by atoms with Crippen LogP contribution in [0.3, 0.4) is 0 Å². The van der Waals surface area contributed by atoms with E-state index < -0.39 is 0 Å².